The lowest BCUT2D eigenvalue weighted by atomic mass is 10.0. The van der Waals surface area contributed by atoms with E-state index in [0.29, 0.717) is 31.0 Å². The molecule has 0 spiro atoms. The second-order valence-electron chi connectivity index (χ2n) is 10.7. The molecule has 3 heterocycles. The Bertz CT molecular complexity index is 1410. The number of aromatic nitrogens is 4. The van der Waals surface area contributed by atoms with Gasteiger partial charge in [-0.15, -0.1) is 0 Å². The third-order valence-corrected chi connectivity index (χ3v) is 6.94. The monoisotopic (exact) mass is 575 g/mol. The van der Waals surface area contributed by atoms with Crippen molar-refractivity contribution in [2.24, 2.45) is 5.92 Å². The van der Waals surface area contributed by atoms with Gasteiger partial charge in [0.1, 0.15) is 17.6 Å². The lowest BCUT2D eigenvalue weighted by molar-refractivity contribution is -0.129. The average Bonchev–Trinajstić information content (AvgIpc) is 3.42. The van der Waals surface area contributed by atoms with Gasteiger partial charge in [0.25, 0.3) is 5.91 Å². The number of hydrogen-bond acceptors (Lipinski definition) is 8. The number of nitrogens with zero attached hydrogens (tertiary/aromatic N) is 5. The van der Waals surface area contributed by atoms with E-state index < -0.39 is 18.1 Å². The first-order valence-corrected chi connectivity index (χ1v) is 14.1. The summed E-state index contributed by atoms with van der Waals surface area (Å²) in [6.07, 6.45) is 2.30. The van der Waals surface area contributed by atoms with Crippen molar-refractivity contribution in [3.05, 3.63) is 65.7 Å². The highest BCUT2D eigenvalue weighted by atomic mass is 16.5. The molecule has 222 valence electrons. The van der Waals surface area contributed by atoms with Gasteiger partial charge in [-0.25, -0.2) is 14.5 Å². The first kappa shape index (κ1) is 30.4. The fourth-order valence-corrected chi connectivity index (χ4v) is 4.78. The van der Waals surface area contributed by atoms with Crippen molar-refractivity contribution in [2.45, 2.75) is 58.7 Å². The largest absolute Gasteiger partial charge is 0.465 e. The van der Waals surface area contributed by atoms with Gasteiger partial charge in [0.05, 0.1) is 25.3 Å². The number of esters is 1. The molecule has 3 amide bonds. The van der Waals surface area contributed by atoms with E-state index in [1.807, 2.05) is 51.1 Å². The second-order valence-corrected chi connectivity index (χ2v) is 10.7. The summed E-state index contributed by atoms with van der Waals surface area (Å²) in [4.78, 5) is 62.0. The standard InChI is InChI=1S/C30H37N7O5/c1-19(2)17-24-28(39)32-20(3)27-34-26(21-9-6-5-7-10-21)35-37(27)16-15-36(14-8-11-25(38)33-24)29(40)23-13-12-22(18-31-23)30(41)42-4/h5-7,9-10,12-13,18-20,24H,8,11,14-17H2,1-4H3,(H,32,39)(H,33,38)/t20-,24-/m1/s1. The van der Waals surface area contributed by atoms with Gasteiger partial charge in [-0.05, 0) is 37.8 Å². The van der Waals surface area contributed by atoms with Gasteiger partial charge in [0.2, 0.25) is 11.8 Å². The smallest absolute Gasteiger partial charge is 0.339 e. The highest BCUT2D eigenvalue weighted by molar-refractivity contribution is 5.94. The molecule has 0 unspecified atom stereocenters. The maximum Gasteiger partial charge on any atom is 0.339 e. The Balaban J connectivity index is 1.66. The van der Waals surface area contributed by atoms with Crippen molar-refractivity contribution in [1.82, 2.24) is 35.3 Å². The number of pyridine rings is 1. The molecule has 0 aliphatic carbocycles. The summed E-state index contributed by atoms with van der Waals surface area (Å²) >= 11 is 0. The number of hydrogen-bond donors (Lipinski definition) is 2. The number of benzene rings is 1. The quantitative estimate of drug-likeness (QED) is 0.441. The molecule has 1 aliphatic rings. The molecule has 0 radical (unpaired) electrons. The molecule has 0 saturated heterocycles. The summed E-state index contributed by atoms with van der Waals surface area (Å²) in [7, 11) is 1.28. The van der Waals surface area contributed by atoms with E-state index in [9.17, 15) is 19.2 Å². The van der Waals surface area contributed by atoms with Crippen LogP contribution in [0.15, 0.2) is 48.7 Å². The Kier molecular flexibility index (Phi) is 10.00. The highest BCUT2D eigenvalue weighted by Gasteiger charge is 2.27. The number of rotatable bonds is 5. The van der Waals surface area contributed by atoms with Crippen molar-refractivity contribution < 1.29 is 23.9 Å². The Hall–Kier alpha value is -4.61. The molecule has 2 aromatic heterocycles. The van der Waals surface area contributed by atoms with Gasteiger partial charge in [0, 0.05) is 31.3 Å². The molecule has 2 atom stereocenters. The molecular weight excluding hydrogens is 538 g/mol. The Labute approximate surface area is 244 Å². The van der Waals surface area contributed by atoms with Crippen molar-refractivity contribution in [3.63, 3.8) is 0 Å². The van der Waals surface area contributed by atoms with E-state index in [4.69, 9.17) is 14.8 Å². The summed E-state index contributed by atoms with van der Waals surface area (Å²) in [5.74, 6) is -0.227. The summed E-state index contributed by atoms with van der Waals surface area (Å²) < 4.78 is 6.43. The van der Waals surface area contributed by atoms with Crippen LogP contribution >= 0.6 is 0 Å². The predicted molar refractivity (Wildman–Crippen MR) is 154 cm³/mol. The number of methoxy groups -OCH3 is 1. The predicted octanol–water partition coefficient (Wildman–Crippen LogP) is 2.77. The number of fused-ring (bicyclic) bond motifs is 1. The topological polar surface area (TPSA) is 148 Å². The molecule has 2 N–H and O–H groups in total. The summed E-state index contributed by atoms with van der Waals surface area (Å²) in [5.41, 5.74) is 1.22. The molecule has 0 fully saturated rings. The van der Waals surface area contributed by atoms with Gasteiger partial charge in [-0.1, -0.05) is 44.2 Å². The normalized spacial score (nSPS) is 18.5. The van der Waals surface area contributed by atoms with E-state index in [1.165, 1.54) is 25.4 Å². The molecule has 1 aromatic carbocycles. The zero-order chi connectivity index (χ0) is 30.2. The van der Waals surface area contributed by atoms with Gasteiger partial charge in [-0.3, -0.25) is 19.4 Å². The van der Waals surface area contributed by atoms with Crippen molar-refractivity contribution in [1.29, 1.82) is 0 Å². The SMILES string of the molecule is COC(=O)c1ccc(C(=O)N2CCCC(=O)N[C@H](CC(C)C)C(=O)N[C@H](C)c3nc(-c4ccccc4)nn3CC2)nc1. The van der Waals surface area contributed by atoms with Crippen LogP contribution in [0.1, 0.15) is 72.7 Å². The molecule has 0 bridgehead atoms. The molecule has 1 aliphatic heterocycles. The molecular formula is C30H37N7O5. The minimum absolute atomic E-state index is 0.142. The zero-order valence-corrected chi connectivity index (χ0v) is 24.4. The van der Waals surface area contributed by atoms with Crippen LogP contribution in [0, 0.1) is 5.92 Å². The maximum atomic E-state index is 13.5. The molecule has 0 saturated carbocycles. The van der Waals surface area contributed by atoms with Crippen LogP contribution in [0.25, 0.3) is 11.4 Å². The summed E-state index contributed by atoms with van der Waals surface area (Å²) in [6.45, 7) is 6.63. The Morgan fingerprint density at radius 3 is 2.48 bits per heavy atom. The minimum atomic E-state index is -0.705. The number of carbonyl (C=O) groups excluding carboxylic acids is 4. The zero-order valence-electron chi connectivity index (χ0n) is 24.4. The fourth-order valence-electron chi connectivity index (χ4n) is 4.78. The van der Waals surface area contributed by atoms with Crippen molar-refractivity contribution in [2.75, 3.05) is 20.2 Å². The van der Waals surface area contributed by atoms with Gasteiger partial charge < -0.3 is 20.3 Å². The first-order valence-electron chi connectivity index (χ1n) is 14.1. The second kappa shape index (κ2) is 13.8. The Morgan fingerprint density at radius 1 is 1.05 bits per heavy atom. The average molecular weight is 576 g/mol. The molecule has 12 nitrogen and oxygen atoms in total. The van der Waals surface area contributed by atoms with Gasteiger partial charge in [-0.2, -0.15) is 5.10 Å². The van der Waals surface area contributed by atoms with Crippen LogP contribution in [0.5, 0.6) is 0 Å². The van der Waals surface area contributed by atoms with E-state index in [-0.39, 0.29) is 54.4 Å². The number of amides is 3. The van der Waals surface area contributed by atoms with Crippen LogP contribution in [0.3, 0.4) is 0 Å². The first-order chi connectivity index (χ1) is 20.2. The molecule has 42 heavy (non-hydrogen) atoms. The molecule has 4 rings (SSSR count). The van der Waals surface area contributed by atoms with Crippen LogP contribution in [-0.2, 0) is 20.9 Å². The lowest BCUT2D eigenvalue weighted by Gasteiger charge is -2.26. The van der Waals surface area contributed by atoms with Crippen LogP contribution in [-0.4, -0.2) is 74.6 Å². The van der Waals surface area contributed by atoms with Crippen LogP contribution < -0.4 is 10.6 Å². The molecule has 3 aromatic rings. The van der Waals surface area contributed by atoms with E-state index >= 15 is 0 Å². The lowest BCUT2D eigenvalue weighted by Crippen LogP contribution is -2.48. The third kappa shape index (κ3) is 7.56. The fraction of sp³-hybridized carbons (Fsp3) is 0.433. The van der Waals surface area contributed by atoms with Gasteiger partial charge in [0.15, 0.2) is 5.82 Å². The van der Waals surface area contributed by atoms with Crippen LogP contribution in [0.4, 0.5) is 0 Å². The van der Waals surface area contributed by atoms with E-state index in [2.05, 4.69) is 15.6 Å². The number of carbonyl (C=O) groups is 4. The van der Waals surface area contributed by atoms with E-state index in [1.54, 1.807) is 9.58 Å². The van der Waals surface area contributed by atoms with Crippen molar-refractivity contribution in [3.8, 4) is 11.4 Å². The summed E-state index contributed by atoms with van der Waals surface area (Å²) in [5, 5.41) is 10.6. The Morgan fingerprint density at radius 2 is 1.81 bits per heavy atom. The minimum Gasteiger partial charge on any atom is -0.465 e. The number of nitrogens with one attached hydrogen (secondary N) is 2. The van der Waals surface area contributed by atoms with Crippen molar-refractivity contribution >= 4 is 23.7 Å². The molecule has 12 heteroatoms. The van der Waals surface area contributed by atoms with E-state index in [0.717, 1.165) is 5.56 Å². The summed E-state index contributed by atoms with van der Waals surface area (Å²) in [6, 6.07) is 11.3. The highest BCUT2D eigenvalue weighted by Crippen LogP contribution is 2.20. The maximum absolute atomic E-state index is 13.5. The van der Waals surface area contributed by atoms with Crippen LogP contribution in [0.2, 0.25) is 0 Å². The number of ether oxygens (including phenoxy) is 1. The van der Waals surface area contributed by atoms with Gasteiger partial charge >= 0.3 is 5.97 Å². The third-order valence-electron chi connectivity index (χ3n) is 6.94.